The number of nitrogens with zero attached hydrogens (tertiary/aromatic N) is 1. The van der Waals surface area contributed by atoms with Gasteiger partial charge in [-0.1, -0.05) is 12.1 Å². The van der Waals surface area contributed by atoms with Crippen molar-refractivity contribution in [1.29, 1.82) is 0 Å². The number of aromatic nitrogens is 1. The minimum absolute atomic E-state index is 0.600. The minimum Gasteiger partial charge on any atom is -0.409 e. The van der Waals surface area contributed by atoms with Crippen molar-refractivity contribution in [2.45, 2.75) is 25.7 Å². The Morgan fingerprint density at radius 3 is 2.83 bits per heavy atom. The molecule has 0 saturated heterocycles. The Balaban J connectivity index is 2.28. The van der Waals surface area contributed by atoms with Gasteiger partial charge in [0, 0.05) is 16.6 Å². The van der Waals surface area contributed by atoms with Gasteiger partial charge in [0.1, 0.15) is 5.75 Å². The summed E-state index contributed by atoms with van der Waals surface area (Å²) in [6.07, 6.45) is 3.31. The van der Waals surface area contributed by atoms with Crippen molar-refractivity contribution in [3.63, 3.8) is 0 Å². The number of amides is 1. The van der Waals surface area contributed by atoms with E-state index in [1.807, 2.05) is 24.3 Å². The Morgan fingerprint density at radius 1 is 1.22 bits per heavy atom. The second kappa shape index (κ2) is 4.29. The molecule has 0 fully saturated rings. The number of nitrogens with two attached hydrogens (primary N) is 1. The van der Waals surface area contributed by atoms with Crippen LogP contribution in [0.15, 0.2) is 24.3 Å². The SMILES string of the molecule is NC(=O)Oc1c2c(nc3ccccc13)CCCC2. The van der Waals surface area contributed by atoms with Crippen molar-refractivity contribution in [2.24, 2.45) is 5.73 Å². The number of para-hydroxylation sites is 1. The van der Waals surface area contributed by atoms with Gasteiger partial charge in [0.05, 0.1) is 5.52 Å². The van der Waals surface area contributed by atoms with Gasteiger partial charge < -0.3 is 10.5 Å². The third kappa shape index (κ3) is 1.79. The molecule has 1 aliphatic rings. The van der Waals surface area contributed by atoms with E-state index < -0.39 is 6.09 Å². The number of fused-ring (bicyclic) bond motifs is 2. The zero-order valence-corrected chi connectivity index (χ0v) is 9.98. The molecule has 1 aliphatic carbocycles. The summed E-state index contributed by atoms with van der Waals surface area (Å²) in [6.45, 7) is 0. The number of primary amides is 1. The molecule has 0 radical (unpaired) electrons. The van der Waals surface area contributed by atoms with Crippen molar-refractivity contribution in [3.05, 3.63) is 35.5 Å². The number of rotatable bonds is 1. The lowest BCUT2D eigenvalue weighted by Crippen LogP contribution is -2.19. The molecular formula is C14H14N2O2. The first kappa shape index (κ1) is 11.0. The van der Waals surface area contributed by atoms with Crippen LogP contribution in [0.25, 0.3) is 10.9 Å². The molecule has 0 bridgehead atoms. The maximum absolute atomic E-state index is 11.1. The summed E-state index contributed by atoms with van der Waals surface area (Å²) in [5.41, 5.74) is 8.10. The molecule has 0 spiro atoms. The van der Waals surface area contributed by atoms with Crippen LogP contribution in [0, 0.1) is 0 Å². The molecule has 4 nitrogen and oxygen atoms in total. The zero-order valence-electron chi connectivity index (χ0n) is 9.98. The normalized spacial score (nSPS) is 14.2. The lowest BCUT2D eigenvalue weighted by Gasteiger charge is -2.19. The highest BCUT2D eigenvalue weighted by Crippen LogP contribution is 2.34. The van der Waals surface area contributed by atoms with Crippen LogP contribution in [0.1, 0.15) is 24.1 Å². The predicted molar refractivity (Wildman–Crippen MR) is 68.6 cm³/mol. The average Bonchev–Trinajstić information content (AvgIpc) is 2.38. The van der Waals surface area contributed by atoms with E-state index in [4.69, 9.17) is 10.5 Å². The van der Waals surface area contributed by atoms with Gasteiger partial charge in [0.25, 0.3) is 0 Å². The fraction of sp³-hybridized carbons (Fsp3) is 0.286. The van der Waals surface area contributed by atoms with E-state index in [2.05, 4.69) is 4.98 Å². The first-order valence-corrected chi connectivity index (χ1v) is 6.13. The van der Waals surface area contributed by atoms with E-state index in [0.29, 0.717) is 5.75 Å². The van der Waals surface area contributed by atoms with E-state index in [0.717, 1.165) is 47.8 Å². The van der Waals surface area contributed by atoms with Crippen molar-refractivity contribution in [1.82, 2.24) is 4.98 Å². The first-order chi connectivity index (χ1) is 8.75. The summed E-state index contributed by atoms with van der Waals surface area (Å²) in [5, 5.41) is 0.858. The summed E-state index contributed by atoms with van der Waals surface area (Å²) in [4.78, 5) is 15.7. The highest BCUT2D eigenvalue weighted by molar-refractivity contribution is 5.89. The topological polar surface area (TPSA) is 65.2 Å². The van der Waals surface area contributed by atoms with E-state index in [1.165, 1.54) is 0 Å². The molecule has 2 N–H and O–H groups in total. The van der Waals surface area contributed by atoms with Gasteiger partial charge in [0.2, 0.25) is 0 Å². The van der Waals surface area contributed by atoms with Gasteiger partial charge in [-0.3, -0.25) is 4.98 Å². The first-order valence-electron chi connectivity index (χ1n) is 6.13. The summed E-state index contributed by atoms with van der Waals surface area (Å²) in [6, 6.07) is 7.68. The molecule has 3 rings (SSSR count). The van der Waals surface area contributed by atoms with Gasteiger partial charge in [-0.15, -0.1) is 0 Å². The lowest BCUT2D eigenvalue weighted by molar-refractivity contribution is 0.211. The molecule has 0 unspecified atom stereocenters. The average molecular weight is 242 g/mol. The van der Waals surface area contributed by atoms with Crippen LogP contribution < -0.4 is 10.5 Å². The smallest absolute Gasteiger partial charge is 0.409 e. The maximum atomic E-state index is 11.1. The summed E-state index contributed by atoms with van der Waals surface area (Å²) in [5.74, 6) is 0.600. The summed E-state index contributed by atoms with van der Waals surface area (Å²) >= 11 is 0. The van der Waals surface area contributed by atoms with Gasteiger partial charge >= 0.3 is 6.09 Å². The molecule has 2 aromatic rings. The number of ether oxygens (including phenoxy) is 1. The molecule has 92 valence electrons. The Morgan fingerprint density at radius 2 is 2.00 bits per heavy atom. The Hall–Kier alpha value is -2.10. The van der Waals surface area contributed by atoms with Crippen molar-refractivity contribution in [3.8, 4) is 5.75 Å². The Bertz CT molecular complexity index is 622. The fourth-order valence-electron chi connectivity index (χ4n) is 2.55. The monoisotopic (exact) mass is 242 g/mol. The molecule has 0 aliphatic heterocycles. The zero-order chi connectivity index (χ0) is 12.5. The second-order valence-electron chi connectivity index (χ2n) is 4.51. The van der Waals surface area contributed by atoms with Crippen molar-refractivity contribution in [2.75, 3.05) is 0 Å². The number of carbonyl (C=O) groups excluding carboxylic acids is 1. The molecule has 1 aromatic heterocycles. The van der Waals surface area contributed by atoms with Crippen LogP contribution >= 0.6 is 0 Å². The summed E-state index contributed by atoms with van der Waals surface area (Å²) < 4.78 is 5.22. The van der Waals surface area contributed by atoms with Crippen LogP contribution in [-0.4, -0.2) is 11.1 Å². The predicted octanol–water partition coefficient (Wildman–Crippen LogP) is 2.57. The molecule has 18 heavy (non-hydrogen) atoms. The standard InChI is InChI=1S/C14H14N2O2/c15-14(17)18-13-9-5-1-3-7-11(9)16-12-8-4-2-6-10(12)13/h1,3,5,7H,2,4,6,8H2,(H2,15,17). The van der Waals surface area contributed by atoms with Crippen LogP contribution in [0.5, 0.6) is 5.75 Å². The van der Waals surface area contributed by atoms with Crippen LogP contribution in [0.4, 0.5) is 4.79 Å². The third-order valence-electron chi connectivity index (χ3n) is 3.32. The van der Waals surface area contributed by atoms with E-state index >= 15 is 0 Å². The van der Waals surface area contributed by atoms with Gasteiger partial charge in [-0.25, -0.2) is 4.79 Å². The van der Waals surface area contributed by atoms with E-state index in [-0.39, 0.29) is 0 Å². The van der Waals surface area contributed by atoms with Gasteiger partial charge in [0.15, 0.2) is 0 Å². The Labute approximate surface area is 105 Å². The maximum Gasteiger partial charge on any atom is 0.409 e. The molecule has 0 saturated carbocycles. The second-order valence-corrected chi connectivity index (χ2v) is 4.51. The van der Waals surface area contributed by atoms with Crippen LogP contribution in [0.3, 0.4) is 0 Å². The largest absolute Gasteiger partial charge is 0.409 e. The third-order valence-corrected chi connectivity index (χ3v) is 3.32. The highest BCUT2D eigenvalue weighted by Gasteiger charge is 2.20. The van der Waals surface area contributed by atoms with Crippen molar-refractivity contribution < 1.29 is 9.53 Å². The van der Waals surface area contributed by atoms with E-state index in [1.54, 1.807) is 0 Å². The summed E-state index contributed by atoms with van der Waals surface area (Å²) in [7, 11) is 0. The van der Waals surface area contributed by atoms with E-state index in [9.17, 15) is 4.79 Å². The number of pyridine rings is 1. The van der Waals surface area contributed by atoms with Crippen molar-refractivity contribution >= 4 is 17.0 Å². The number of hydrogen-bond donors (Lipinski definition) is 1. The highest BCUT2D eigenvalue weighted by atomic mass is 16.5. The number of aryl methyl sites for hydroxylation is 1. The minimum atomic E-state index is -0.765. The fourth-order valence-corrected chi connectivity index (χ4v) is 2.55. The Kier molecular flexibility index (Phi) is 2.63. The molecule has 0 atom stereocenters. The number of carbonyl (C=O) groups is 1. The molecule has 1 heterocycles. The molecule has 1 amide bonds. The lowest BCUT2D eigenvalue weighted by atomic mass is 9.93. The number of hydrogen-bond acceptors (Lipinski definition) is 3. The van der Waals surface area contributed by atoms with Crippen LogP contribution in [0.2, 0.25) is 0 Å². The molecule has 1 aromatic carbocycles. The quantitative estimate of drug-likeness (QED) is 0.835. The molecular weight excluding hydrogens is 228 g/mol. The van der Waals surface area contributed by atoms with Crippen LogP contribution in [-0.2, 0) is 12.8 Å². The van der Waals surface area contributed by atoms with Gasteiger partial charge in [-0.2, -0.15) is 0 Å². The number of benzene rings is 1. The molecule has 4 heteroatoms. The van der Waals surface area contributed by atoms with Gasteiger partial charge in [-0.05, 0) is 37.8 Å².